The van der Waals surface area contributed by atoms with Gasteiger partial charge in [-0.25, -0.2) is 4.39 Å². The number of nitrogens with zero attached hydrogens (tertiary/aromatic N) is 1. The van der Waals surface area contributed by atoms with Crippen molar-refractivity contribution in [3.8, 4) is 0 Å². The van der Waals surface area contributed by atoms with Crippen molar-refractivity contribution in [2.24, 2.45) is 0 Å². The highest BCUT2D eigenvalue weighted by atomic mass is 19.1. The molecule has 4 rings (SSSR count). The van der Waals surface area contributed by atoms with E-state index in [1.165, 1.54) is 22.4 Å². The number of hydrogen-bond acceptors (Lipinski definition) is 2. The molecule has 128 valence electrons. The molecule has 0 saturated carbocycles. The van der Waals surface area contributed by atoms with Gasteiger partial charge in [0.1, 0.15) is 5.82 Å². The molecule has 0 bridgehead atoms. The predicted octanol–water partition coefficient (Wildman–Crippen LogP) is 4.97. The normalized spacial score (nSPS) is 18.3. The van der Waals surface area contributed by atoms with Gasteiger partial charge in [-0.05, 0) is 58.7 Å². The van der Waals surface area contributed by atoms with Gasteiger partial charge in [0.05, 0.1) is 6.04 Å². The zero-order valence-electron chi connectivity index (χ0n) is 14.7. The Kier molecular flexibility index (Phi) is 4.08. The molecule has 0 saturated heterocycles. The number of halogens is 1. The van der Waals surface area contributed by atoms with Crippen LogP contribution in [0.4, 0.5) is 10.1 Å². The first kappa shape index (κ1) is 15.9. The van der Waals surface area contributed by atoms with Crippen LogP contribution in [0.3, 0.4) is 0 Å². The predicted molar refractivity (Wildman–Crippen MR) is 102 cm³/mol. The molecule has 2 aromatic rings. The lowest BCUT2D eigenvalue weighted by atomic mass is 9.88. The van der Waals surface area contributed by atoms with Crippen molar-refractivity contribution in [1.82, 2.24) is 5.32 Å². The van der Waals surface area contributed by atoms with Crippen molar-refractivity contribution >= 4 is 11.3 Å². The van der Waals surface area contributed by atoms with Crippen LogP contribution in [0.1, 0.15) is 41.6 Å². The van der Waals surface area contributed by atoms with Gasteiger partial charge in [-0.1, -0.05) is 43.7 Å². The van der Waals surface area contributed by atoms with E-state index in [1.807, 2.05) is 24.4 Å². The second kappa shape index (κ2) is 6.40. The summed E-state index contributed by atoms with van der Waals surface area (Å²) in [6.07, 6.45) is 7.86. The monoisotopic (exact) mass is 334 g/mol. The maximum absolute atomic E-state index is 14.0. The van der Waals surface area contributed by atoms with Gasteiger partial charge in [-0.3, -0.25) is 0 Å². The number of nitrogens with one attached hydrogen (secondary N) is 1. The van der Waals surface area contributed by atoms with Crippen LogP contribution in [-0.2, 0) is 13.0 Å². The van der Waals surface area contributed by atoms with Crippen molar-refractivity contribution in [3.05, 3.63) is 82.8 Å². The van der Waals surface area contributed by atoms with Crippen molar-refractivity contribution in [2.75, 3.05) is 11.9 Å². The molecule has 2 aliphatic rings. The molecular formula is C22H23FN2. The largest absolute Gasteiger partial charge is 0.380 e. The van der Waals surface area contributed by atoms with Gasteiger partial charge in [0, 0.05) is 19.3 Å². The molecule has 2 nitrogen and oxygen atoms in total. The summed E-state index contributed by atoms with van der Waals surface area (Å²) in [7, 11) is 2.12. The van der Waals surface area contributed by atoms with Gasteiger partial charge in [0.15, 0.2) is 0 Å². The number of fused-ring (bicyclic) bond motifs is 1. The number of benzene rings is 2. The lowest BCUT2D eigenvalue weighted by Gasteiger charge is -2.34. The van der Waals surface area contributed by atoms with Crippen LogP contribution in [0.5, 0.6) is 0 Å². The Balaban J connectivity index is 1.71. The van der Waals surface area contributed by atoms with Crippen LogP contribution in [0.2, 0.25) is 0 Å². The van der Waals surface area contributed by atoms with Gasteiger partial charge >= 0.3 is 0 Å². The number of hydrogen-bond donors (Lipinski definition) is 1. The summed E-state index contributed by atoms with van der Waals surface area (Å²) in [5.74, 6) is -0.106. The Bertz CT molecular complexity index is 866. The Hall–Kier alpha value is -2.55. The van der Waals surface area contributed by atoms with Crippen LogP contribution in [0.25, 0.3) is 5.57 Å². The average Bonchev–Trinajstić information content (AvgIpc) is 2.63. The van der Waals surface area contributed by atoms with Gasteiger partial charge in [-0.15, -0.1) is 0 Å². The molecule has 0 aromatic heterocycles. The first-order chi connectivity index (χ1) is 12.2. The minimum absolute atomic E-state index is 0.0460. The summed E-state index contributed by atoms with van der Waals surface area (Å²) in [5, 5.41) is 3.45. The standard InChI is InChI=1S/C22H23FN2/c1-3-5-16-12-17(9-10-20(16)23)22-19(6-4-11-24-22)15-7-8-18-14-25(2)21(18)13-15/h4,6-13,22,24H,3,5,14H2,1-2H3. The third-order valence-corrected chi connectivity index (χ3v) is 5.11. The van der Waals surface area contributed by atoms with Crippen LogP contribution in [0.15, 0.2) is 54.8 Å². The topological polar surface area (TPSA) is 15.3 Å². The smallest absolute Gasteiger partial charge is 0.126 e. The quantitative estimate of drug-likeness (QED) is 0.849. The molecule has 25 heavy (non-hydrogen) atoms. The third kappa shape index (κ3) is 2.84. The zero-order valence-corrected chi connectivity index (χ0v) is 14.7. The number of anilines is 1. The van der Waals surface area contributed by atoms with Crippen LogP contribution in [-0.4, -0.2) is 7.05 Å². The Morgan fingerprint density at radius 2 is 2.08 bits per heavy atom. The van der Waals surface area contributed by atoms with E-state index in [2.05, 4.69) is 48.5 Å². The number of allylic oxidation sites excluding steroid dienone is 2. The molecule has 0 amide bonds. The van der Waals surface area contributed by atoms with Crippen LogP contribution < -0.4 is 10.2 Å². The molecule has 0 spiro atoms. The van der Waals surface area contributed by atoms with E-state index in [0.717, 1.165) is 30.5 Å². The first-order valence-electron chi connectivity index (χ1n) is 8.93. The molecule has 1 unspecified atom stereocenters. The molecule has 2 aliphatic heterocycles. The van der Waals surface area contributed by atoms with E-state index in [1.54, 1.807) is 6.07 Å². The third-order valence-electron chi connectivity index (χ3n) is 5.11. The van der Waals surface area contributed by atoms with E-state index >= 15 is 0 Å². The molecule has 3 heteroatoms. The SMILES string of the molecule is CCCc1cc(C2NC=CC=C2c2ccc3c(c2)N(C)C3)ccc1F. The number of rotatable bonds is 4. The number of dihydropyridines is 1. The van der Waals surface area contributed by atoms with Crippen LogP contribution in [0, 0.1) is 5.82 Å². The summed E-state index contributed by atoms with van der Waals surface area (Å²) in [6.45, 7) is 3.10. The van der Waals surface area contributed by atoms with Gasteiger partial charge in [-0.2, -0.15) is 0 Å². The van der Waals surface area contributed by atoms with E-state index in [4.69, 9.17) is 0 Å². The lowest BCUT2D eigenvalue weighted by Crippen LogP contribution is -2.28. The summed E-state index contributed by atoms with van der Waals surface area (Å²) in [5.41, 5.74) is 7.05. The molecule has 2 heterocycles. The lowest BCUT2D eigenvalue weighted by molar-refractivity contribution is 0.604. The highest BCUT2D eigenvalue weighted by Crippen LogP contribution is 2.38. The molecule has 2 aromatic carbocycles. The van der Waals surface area contributed by atoms with E-state index in [-0.39, 0.29) is 11.9 Å². The Morgan fingerprint density at radius 3 is 2.88 bits per heavy atom. The van der Waals surface area contributed by atoms with Crippen molar-refractivity contribution in [1.29, 1.82) is 0 Å². The molecule has 0 fully saturated rings. The summed E-state index contributed by atoms with van der Waals surface area (Å²) < 4.78 is 14.0. The van der Waals surface area contributed by atoms with Gasteiger partial charge < -0.3 is 10.2 Å². The fraction of sp³-hybridized carbons (Fsp3) is 0.273. The fourth-order valence-corrected chi connectivity index (χ4v) is 3.75. The maximum Gasteiger partial charge on any atom is 0.126 e. The molecular weight excluding hydrogens is 311 g/mol. The second-order valence-electron chi connectivity index (χ2n) is 6.88. The van der Waals surface area contributed by atoms with E-state index in [9.17, 15) is 4.39 Å². The molecule has 0 aliphatic carbocycles. The van der Waals surface area contributed by atoms with Crippen molar-refractivity contribution < 1.29 is 4.39 Å². The summed E-state index contributed by atoms with van der Waals surface area (Å²) in [6, 6.07) is 12.2. The maximum atomic E-state index is 14.0. The minimum Gasteiger partial charge on any atom is -0.380 e. The zero-order chi connectivity index (χ0) is 17.4. The van der Waals surface area contributed by atoms with Gasteiger partial charge in [0.2, 0.25) is 0 Å². The summed E-state index contributed by atoms with van der Waals surface area (Å²) in [4.78, 5) is 2.26. The number of aryl methyl sites for hydroxylation is 1. The molecule has 0 radical (unpaired) electrons. The molecule has 1 N–H and O–H groups in total. The Morgan fingerprint density at radius 1 is 1.20 bits per heavy atom. The first-order valence-corrected chi connectivity index (χ1v) is 8.93. The average molecular weight is 334 g/mol. The van der Waals surface area contributed by atoms with Crippen molar-refractivity contribution in [3.63, 3.8) is 0 Å². The Labute approximate surface area is 148 Å². The van der Waals surface area contributed by atoms with Crippen LogP contribution >= 0.6 is 0 Å². The minimum atomic E-state index is -0.106. The second-order valence-corrected chi connectivity index (χ2v) is 6.88. The molecule has 1 atom stereocenters. The van der Waals surface area contributed by atoms with E-state index < -0.39 is 0 Å². The fourth-order valence-electron chi connectivity index (χ4n) is 3.75. The van der Waals surface area contributed by atoms with Gasteiger partial charge in [0.25, 0.3) is 0 Å². The van der Waals surface area contributed by atoms with Crippen molar-refractivity contribution in [2.45, 2.75) is 32.4 Å². The highest BCUT2D eigenvalue weighted by Gasteiger charge is 2.23. The summed E-state index contributed by atoms with van der Waals surface area (Å²) >= 11 is 0. The van der Waals surface area contributed by atoms with E-state index in [0.29, 0.717) is 0 Å². The highest BCUT2D eigenvalue weighted by molar-refractivity contribution is 5.78.